The Morgan fingerprint density at radius 3 is 3.04 bits per heavy atom. The molecule has 0 radical (unpaired) electrons. The minimum absolute atomic E-state index is 0.0364. The summed E-state index contributed by atoms with van der Waals surface area (Å²) >= 11 is 0. The van der Waals surface area contributed by atoms with Gasteiger partial charge in [-0.2, -0.15) is 0 Å². The van der Waals surface area contributed by atoms with Gasteiger partial charge in [-0.05, 0) is 37.8 Å². The summed E-state index contributed by atoms with van der Waals surface area (Å²) in [6.45, 7) is 0.607. The van der Waals surface area contributed by atoms with Gasteiger partial charge in [0.1, 0.15) is 5.82 Å². The van der Waals surface area contributed by atoms with E-state index >= 15 is 0 Å². The molecule has 1 aliphatic carbocycles. The largest absolute Gasteiger partial charge is 0.355 e. The number of nitrogens with one attached hydrogen (secondary N) is 2. The highest BCUT2D eigenvalue weighted by Gasteiger charge is 2.43. The quantitative estimate of drug-likeness (QED) is 0.854. The first-order valence-corrected chi connectivity index (χ1v) is 9.75. The molecule has 27 heavy (non-hydrogen) atoms. The van der Waals surface area contributed by atoms with Crippen molar-refractivity contribution in [2.45, 2.75) is 44.9 Å². The standard InChI is InChI=1S/C21H26N4O2/c1-25-17-8-4-5-12-21(17,13-11-20(25)27)14-22-19(26)10-9-18-23-15-6-2-3-7-16(15)24-18/h2-3,6-8H,4-5,9-14H2,1H3,(H,22,26)(H,23,24). The summed E-state index contributed by atoms with van der Waals surface area (Å²) in [5.41, 5.74) is 2.94. The van der Waals surface area contributed by atoms with Crippen LogP contribution in [0.4, 0.5) is 0 Å². The molecule has 0 spiro atoms. The summed E-state index contributed by atoms with van der Waals surface area (Å²) < 4.78 is 0. The normalized spacial score (nSPS) is 22.5. The second kappa shape index (κ2) is 7.18. The van der Waals surface area contributed by atoms with Crippen molar-refractivity contribution in [3.05, 3.63) is 41.9 Å². The first-order valence-electron chi connectivity index (χ1n) is 9.75. The number of allylic oxidation sites excluding steroid dienone is 1. The van der Waals surface area contributed by atoms with Crippen LogP contribution in [0.2, 0.25) is 0 Å². The lowest BCUT2D eigenvalue weighted by Gasteiger charge is -2.46. The Morgan fingerprint density at radius 1 is 1.33 bits per heavy atom. The third kappa shape index (κ3) is 3.48. The molecule has 2 heterocycles. The van der Waals surface area contributed by atoms with E-state index in [-0.39, 0.29) is 17.2 Å². The predicted octanol–water partition coefficient (Wildman–Crippen LogP) is 2.92. The number of para-hydroxylation sites is 2. The van der Waals surface area contributed by atoms with Crippen LogP contribution in [0.25, 0.3) is 11.0 Å². The van der Waals surface area contributed by atoms with Crippen LogP contribution in [0, 0.1) is 5.41 Å². The highest BCUT2D eigenvalue weighted by Crippen LogP contribution is 2.45. The van der Waals surface area contributed by atoms with Crippen molar-refractivity contribution in [2.24, 2.45) is 5.41 Å². The third-order valence-electron chi connectivity index (χ3n) is 5.94. The van der Waals surface area contributed by atoms with Crippen molar-refractivity contribution in [1.29, 1.82) is 0 Å². The first-order chi connectivity index (χ1) is 13.1. The molecule has 0 bridgehead atoms. The minimum Gasteiger partial charge on any atom is -0.355 e. The number of aromatic amines is 1. The number of fused-ring (bicyclic) bond motifs is 2. The second-order valence-corrected chi connectivity index (χ2v) is 7.69. The van der Waals surface area contributed by atoms with Crippen molar-refractivity contribution in [3.63, 3.8) is 0 Å². The third-order valence-corrected chi connectivity index (χ3v) is 5.94. The number of carbonyl (C=O) groups excluding carboxylic acids is 2. The van der Waals surface area contributed by atoms with Gasteiger partial charge in [-0.3, -0.25) is 9.59 Å². The van der Waals surface area contributed by atoms with Crippen molar-refractivity contribution < 1.29 is 9.59 Å². The molecule has 2 aromatic rings. The maximum atomic E-state index is 12.4. The Morgan fingerprint density at radius 2 is 2.19 bits per heavy atom. The van der Waals surface area contributed by atoms with Gasteiger partial charge in [0.05, 0.1) is 11.0 Å². The minimum atomic E-state index is -0.0874. The monoisotopic (exact) mass is 366 g/mol. The summed E-state index contributed by atoms with van der Waals surface area (Å²) in [6.07, 6.45) is 7.71. The van der Waals surface area contributed by atoms with Crippen LogP contribution in [0.1, 0.15) is 44.3 Å². The Labute approximate surface area is 159 Å². The number of H-pyrrole nitrogens is 1. The molecule has 6 heteroatoms. The lowest BCUT2D eigenvalue weighted by atomic mass is 9.70. The number of hydrogen-bond donors (Lipinski definition) is 2. The van der Waals surface area contributed by atoms with E-state index in [1.165, 1.54) is 0 Å². The van der Waals surface area contributed by atoms with Crippen LogP contribution >= 0.6 is 0 Å². The van der Waals surface area contributed by atoms with Crippen molar-refractivity contribution >= 4 is 22.8 Å². The SMILES string of the molecule is CN1C(=O)CCC2(CNC(=O)CCc3nc4ccccc4[nH]3)CCCC=C12. The Kier molecular flexibility index (Phi) is 4.72. The fourth-order valence-corrected chi connectivity index (χ4v) is 4.40. The lowest BCUT2D eigenvalue weighted by molar-refractivity contribution is -0.132. The van der Waals surface area contributed by atoms with E-state index in [1.807, 2.05) is 31.3 Å². The molecular weight excluding hydrogens is 340 g/mol. The predicted molar refractivity (Wildman–Crippen MR) is 104 cm³/mol. The number of aryl methyl sites for hydroxylation is 1. The number of aromatic nitrogens is 2. The maximum absolute atomic E-state index is 12.4. The molecule has 2 aliphatic rings. The summed E-state index contributed by atoms with van der Waals surface area (Å²) in [4.78, 5) is 34.1. The molecule has 4 rings (SSSR count). The van der Waals surface area contributed by atoms with Crippen LogP contribution in [0.5, 0.6) is 0 Å². The second-order valence-electron chi connectivity index (χ2n) is 7.69. The number of piperidine rings is 1. The van der Waals surface area contributed by atoms with Crippen LogP contribution in [-0.2, 0) is 16.0 Å². The number of hydrogen-bond acceptors (Lipinski definition) is 3. The van der Waals surface area contributed by atoms with E-state index in [4.69, 9.17) is 0 Å². The molecule has 2 N–H and O–H groups in total. The number of carbonyl (C=O) groups is 2. The number of amides is 2. The summed E-state index contributed by atoms with van der Waals surface area (Å²) in [5, 5.41) is 3.12. The summed E-state index contributed by atoms with van der Waals surface area (Å²) in [5.74, 6) is 1.05. The van der Waals surface area contributed by atoms with Gasteiger partial charge < -0.3 is 15.2 Å². The molecule has 6 nitrogen and oxygen atoms in total. The van der Waals surface area contributed by atoms with E-state index < -0.39 is 0 Å². The zero-order valence-electron chi connectivity index (χ0n) is 15.8. The molecule has 1 aliphatic heterocycles. The van der Waals surface area contributed by atoms with E-state index in [2.05, 4.69) is 21.4 Å². The maximum Gasteiger partial charge on any atom is 0.226 e. The van der Waals surface area contributed by atoms with Gasteiger partial charge in [-0.15, -0.1) is 0 Å². The van der Waals surface area contributed by atoms with Crippen molar-refractivity contribution in [3.8, 4) is 0 Å². The topological polar surface area (TPSA) is 78.1 Å². The first kappa shape index (κ1) is 17.8. The highest BCUT2D eigenvalue weighted by atomic mass is 16.2. The molecule has 1 fully saturated rings. The lowest BCUT2D eigenvalue weighted by Crippen LogP contribution is -2.49. The van der Waals surface area contributed by atoms with E-state index in [0.29, 0.717) is 25.8 Å². The molecule has 1 saturated heterocycles. The summed E-state index contributed by atoms with van der Waals surface area (Å²) in [6, 6.07) is 7.88. The van der Waals surface area contributed by atoms with E-state index in [1.54, 1.807) is 4.90 Å². The zero-order chi connectivity index (χ0) is 18.9. The van der Waals surface area contributed by atoms with E-state index in [9.17, 15) is 9.59 Å². The van der Waals surface area contributed by atoms with Gasteiger partial charge in [0.25, 0.3) is 0 Å². The molecule has 1 aromatic carbocycles. The van der Waals surface area contributed by atoms with Gasteiger partial charge >= 0.3 is 0 Å². The Balaban J connectivity index is 1.36. The van der Waals surface area contributed by atoms with Crippen molar-refractivity contribution in [1.82, 2.24) is 20.2 Å². The Bertz CT molecular complexity index is 867. The number of likely N-dealkylation sites (tertiary alicyclic amines) is 1. The molecule has 142 valence electrons. The Hall–Kier alpha value is -2.63. The van der Waals surface area contributed by atoms with Gasteiger partial charge in [0, 0.05) is 44.0 Å². The van der Waals surface area contributed by atoms with Crippen LogP contribution in [0.15, 0.2) is 36.0 Å². The van der Waals surface area contributed by atoms with Crippen molar-refractivity contribution in [2.75, 3.05) is 13.6 Å². The molecule has 2 amide bonds. The van der Waals surface area contributed by atoms with Gasteiger partial charge in [-0.1, -0.05) is 18.2 Å². The molecule has 0 saturated carbocycles. The van der Waals surface area contributed by atoms with Crippen LogP contribution in [0.3, 0.4) is 0 Å². The highest BCUT2D eigenvalue weighted by molar-refractivity contribution is 5.80. The zero-order valence-corrected chi connectivity index (χ0v) is 15.8. The van der Waals surface area contributed by atoms with Gasteiger partial charge in [-0.25, -0.2) is 4.98 Å². The molecule has 1 aromatic heterocycles. The van der Waals surface area contributed by atoms with Gasteiger partial charge in [0.2, 0.25) is 11.8 Å². The fraction of sp³-hybridized carbons (Fsp3) is 0.476. The number of nitrogens with zero attached hydrogens (tertiary/aromatic N) is 2. The average molecular weight is 366 g/mol. The number of imidazole rings is 1. The smallest absolute Gasteiger partial charge is 0.226 e. The molecule has 1 atom stereocenters. The molecule has 1 unspecified atom stereocenters. The van der Waals surface area contributed by atoms with Gasteiger partial charge in [0.15, 0.2) is 0 Å². The number of rotatable bonds is 5. The average Bonchev–Trinajstić information content (AvgIpc) is 3.11. The van der Waals surface area contributed by atoms with E-state index in [0.717, 1.165) is 48.2 Å². The molecular formula is C21H26N4O2. The number of benzene rings is 1. The summed E-state index contributed by atoms with van der Waals surface area (Å²) in [7, 11) is 1.86. The van der Waals surface area contributed by atoms with Crippen LogP contribution < -0.4 is 5.32 Å². The van der Waals surface area contributed by atoms with Crippen LogP contribution in [-0.4, -0.2) is 40.3 Å². The fourth-order valence-electron chi connectivity index (χ4n) is 4.40.